The number of anilines is 1. The van der Waals surface area contributed by atoms with Crippen molar-refractivity contribution >= 4 is 28.9 Å². The first kappa shape index (κ1) is 26.8. The summed E-state index contributed by atoms with van der Waals surface area (Å²) in [5.41, 5.74) is 4.40. The first-order chi connectivity index (χ1) is 18.9. The summed E-state index contributed by atoms with van der Waals surface area (Å²) in [6.07, 6.45) is 7.01. The van der Waals surface area contributed by atoms with Crippen LogP contribution in [0.15, 0.2) is 41.6 Å². The first-order valence-corrected chi connectivity index (χ1v) is 13.7. The van der Waals surface area contributed by atoms with Gasteiger partial charge in [-0.2, -0.15) is 10.1 Å². The molecule has 1 atom stereocenters. The van der Waals surface area contributed by atoms with Gasteiger partial charge in [0, 0.05) is 24.7 Å². The van der Waals surface area contributed by atoms with Gasteiger partial charge in [0.15, 0.2) is 5.65 Å². The number of ether oxygens (including phenoxy) is 1. The van der Waals surface area contributed by atoms with Gasteiger partial charge in [-0.15, -0.1) is 0 Å². The van der Waals surface area contributed by atoms with Gasteiger partial charge in [0.05, 0.1) is 36.3 Å². The highest BCUT2D eigenvalue weighted by molar-refractivity contribution is 5.96. The molecular formula is C29H36N6O4. The molecule has 0 bridgehead atoms. The lowest BCUT2D eigenvalue weighted by molar-refractivity contribution is -0.136. The third-order valence-electron chi connectivity index (χ3n) is 7.68. The SMILES string of the molecule is CCCCNc1ncc2c(-c3ccc(C4NC(=O)CC(C)=C4C(=O)OC)cc3)nn(C3CCC(O)CC3)c2n1. The molecule has 1 fully saturated rings. The highest BCUT2D eigenvalue weighted by Gasteiger charge is 2.32. The number of nitrogens with zero attached hydrogens (tertiary/aromatic N) is 4. The van der Waals surface area contributed by atoms with Gasteiger partial charge in [-0.1, -0.05) is 43.2 Å². The minimum Gasteiger partial charge on any atom is -0.466 e. The van der Waals surface area contributed by atoms with E-state index in [0.29, 0.717) is 17.1 Å². The number of rotatable bonds is 8. The lowest BCUT2D eigenvalue weighted by atomic mass is 9.89. The summed E-state index contributed by atoms with van der Waals surface area (Å²) < 4.78 is 7.00. The van der Waals surface area contributed by atoms with Crippen molar-refractivity contribution in [3.8, 4) is 11.3 Å². The second-order valence-corrected chi connectivity index (χ2v) is 10.5. The second kappa shape index (κ2) is 11.5. The van der Waals surface area contributed by atoms with E-state index >= 15 is 0 Å². The molecule has 2 aromatic heterocycles. The van der Waals surface area contributed by atoms with Crippen LogP contribution in [-0.4, -0.2) is 56.5 Å². The third kappa shape index (κ3) is 5.52. The van der Waals surface area contributed by atoms with Crippen molar-refractivity contribution in [2.45, 2.75) is 77.0 Å². The molecule has 10 nitrogen and oxygen atoms in total. The Morgan fingerprint density at radius 2 is 1.95 bits per heavy atom. The molecule has 5 rings (SSSR count). The lowest BCUT2D eigenvalue weighted by Gasteiger charge is -2.27. The molecule has 0 radical (unpaired) electrons. The van der Waals surface area contributed by atoms with Crippen LogP contribution < -0.4 is 10.6 Å². The largest absolute Gasteiger partial charge is 0.466 e. The van der Waals surface area contributed by atoms with Crippen molar-refractivity contribution in [3.63, 3.8) is 0 Å². The van der Waals surface area contributed by atoms with Crippen LogP contribution in [0.5, 0.6) is 0 Å². The average molecular weight is 533 g/mol. The Bertz CT molecular complexity index is 1390. The van der Waals surface area contributed by atoms with Crippen molar-refractivity contribution in [1.29, 1.82) is 0 Å². The number of esters is 1. The number of aromatic nitrogens is 4. The molecule has 1 amide bonds. The second-order valence-electron chi connectivity index (χ2n) is 10.5. The van der Waals surface area contributed by atoms with Gasteiger partial charge in [0.2, 0.25) is 11.9 Å². The van der Waals surface area contributed by atoms with Crippen molar-refractivity contribution < 1.29 is 19.4 Å². The average Bonchev–Trinajstić information content (AvgIpc) is 3.32. The van der Waals surface area contributed by atoms with Gasteiger partial charge in [0.25, 0.3) is 0 Å². The number of carbonyl (C=O) groups is 2. The minimum atomic E-state index is -0.573. The summed E-state index contributed by atoms with van der Waals surface area (Å²) in [5.74, 6) is 0.0156. The summed E-state index contributed by atoms with van der Waals surface area (Å²) in [5, 5.41) is 22.2. The summed E-state index contributed by atoms with van der Waals surface area (Å²) in [7, 11) is 1.35. The maximum Gasteiger partial charge on any atom is 0.336 e. The maximum atomic E-state index is 12.5. The summed E-state index contributed by atoms with van der Waals surface area (Å²) >= 11 is 0. The zero-order chi connectivity index (χ0) is 27.5. The number of fused-ring (bicyclic) bond motifs is 1. The zero-order valence-electron chi connectivity index (χ0n) is 22.7. The van der Waals surface area contributed by atoms with E-state index in [0.717, 1.165) is 72.9 Å². The molecule has 39 heavy (non-hydrogen) atoms. The molecule has 10 heteroatoms. The Labute approximate surface area is 227 Å². The summed E-state index contributed by atoms with van der Waals surface area (Å²) in [6, 6.07) is 7.29. The number of unbranched alkanes of at least 4 members (excludes halogenated alkanes) is 1. The number of carbonyl (C=O) groups excluding carboxylic acids is 2. The van der Waals surface area contributed by atoms with E-state index in [1.807, 2.05) is 35.1 Å². The zero-order valence-corrected chi connectivity index (χ0v) is 22.7. The van der Waals surface area contributed by atoms with E-state index in [4.69, 9.17) is 14.8 Å². The topological polar surface area (TPSA) is 131 Å². The van der Waals surface area contributed by atoms with Gasteiger partial charge in [-0.25, -0.2) is 14.5 Å². The van der Waals surface area contributed by atoms with Crippen LogP contribution in [0.25, 0.3) is 22.3 Å². The molecule has 0 saturated heterocycles. The molecule has 2 aliphatic rings. The molecule has 1 aromatic carbocycles. The molecule has 1 aliphatic heterocycles. The molecule has 3 aromatic rings. The number of nitrogens with one attached hydrogen (secondary N) is 2. The normalized spacial score (nSPS) is 21.6. The molecule has 1 unspecified atom stereocenters. The number of aliphatic hydroxyl groups excluding tert-OH is 1. The van der Waals surface area contributed by atoms with Crippen LogP contribution >= 0.6 is 0 Å². The van der Waals surface area contributed by atoms with Crippen LogP contribution in [0.3, 0.4) is 0 Å². The van der Waals surface area contributed by atoms with E-state index in [9.17, 15) is 14.7 Å². The quantitative estimate of drug-likeness (QED) is 0.290. The minimum absolute atomic E-state index is 0.128. The van der Waals surface area contributed by atoms with E-state index in [2.05, 4.69) is 22.5 Å². The maximum absolute atomic E-state index is 12.5. The lowest BCUT2D eigenvalue weighted by Crippen LogP contribution is -2.37. The van der Waals surface area contributed by atoms with Crippen LogP contribution in [-0.2, 0) is 14.3 Å². The number of benzene rings is 1. The summed E-state index contributed by atoms with van der Waals surface area (Å²) in [4.78, 5) is 34.2. The van der Waals surface area contributed by atoms with Gasteiger partial charge in [-0.3, -0.25) is 4.79 Å². The Morgan fingerprint density at radius 3 is 2.64 bits per heavy atom. The van der Waals surface area contributed by atoms with E-state index in [1.54, 1.807) is 6.92 Å². The number of hydrogen-bond donors (Lipinski definition) is 3. The highest BCUT2D eigenvalue weighted by Crippen LogP contribution is 2.36. The Hall–Kier alpha value is -3.79. The van der Waals surface area contributed by atoms with Crippen LogP contribution in [0, 0.1) is 0 Å². The number of amides is 1. The molecule has 206 valence electrons. The van der Waals surface area contributed by atoms with Crippen molar-refractivity contribution in [3.05, 3.63) is 47.2 Å². The van der Waals surface area contributed by atoms with Gasteiger partial charge in [0.1, 0.15) is 5.69 Å². The van der Waals surface area contributed by atoms with E-state index < -0.39 is 12.0 Å². The van der Waals surface area contributed by atoms with Crippen molar-refractivity contribution in [2.75, 3.05) is 19.0 Å². The smallest absolute Gasteiger partial charge is 0.336 e. The van der Waals surface area contributed by atoms with Crippen LogP contribution in [0.2, 0.25) is 0 Å². The predicted octanol–water partition coefficient (Wildman–Crippen LogP) is 4.23. The van der Waals surface area contributed by atoms with E-state index in [1.165, 1.54) is 7.11 Å². The predicted molar refractivity (Wildman–Crippen MR) is 148 cm³/mol. The standard InChI is InChI=1S/C29H36N6O4/c1-4-5-14-30-29-31-16-22-25(34-35(27(22)33-29)20-10-12-21(36)13-11-20)18-6-8-19(9-7-18)26-24(28(38)39-3)17(2)15-23(37)32-26/h6-9,16,20-21,26,36H,4-5,10-15H2,1-3H3,(H,32,37)(H,30,31,33). The number of hydrogen-bond acceptors (Lipinski definition) is 8. The molecule has 3 N–H and O–H groups in total. The Morgan fingerprint density at radius 1 is 1.21 bits per heavy atom. The fourth-order valence-electron chi connectivity index (χ4n) is 5.51. The molecule has 0 spiro atoms. The monoisotopic (exact) mass is 532 g/mol. The van der Waals surface area contributed by atoms with Crippen molar-refractivity contribution in [1.82, 2.24) is 25.1 Å². The number of aliphatic hydroxyl groups is 1. The van der Waals surface area contributed by atoms with Crippen molar-refractivity contribution in [2.24, 2.45) is 0 Å². The highest BCUT2D eigenvalue weighted by atomic mass is 16.5. The van der Waals surface area contributed by atoms with Gasteiger partial charge < -0.3 is 20.5 Å². The Kier molecular flexibility index (Phi) is 7.92. The first-order valence-electron chi connectivity index (χ1n) is 13.7. The van der Waals surface area contributed by atoms with Gasteiger partial charge >= 0.3 is 5.97 Å². The summed E-state index contributed by atoms with van der Waals surface area (Å²) in [6.45, 7) is 4.74. The van der Waals surface area contributed by atoms with Gasteiger partial charge in [-0.05, 0) is 44.6 Å². The Balaban J connectivity index is 1.51. The molecule has 3 heterocycles. The third-order valence-corrected chi connectivity index (χ3v) is 7.68. The van der Waals surface area contributed by atoms with Crippen LogP contribution in [0.1, 0.15) is 76.4 Å². The molecular weight excluding hydrogens is 496 g/mol. The molecule has 1 saturated carbocycles. The molecule has 1 aliphatic carbocycles. The number of methoxy groups -OCH3 is 1. The fourth-order valence-corrected chi connectivity index (χ4v) is 5.51. The van der Waals surface area contributed by atoms with Crippen LogP contribution in [0.4, 0.5) is 5.95 Å². The fraction of sp³-hybridized carbons (Fsp3) is 0.483. The van der Waals surface area contributed by atoms with E-state index in [-0.39, 0.29) is 24.5 Å².